The maximum absolute atomic E-state index is 15.4. The number of rotatable bonds is 9. The summed E-state index contributed by atoms with van der Waals surface area (Å²) in [4.78, 5) is 28.0. The Hall–Kier alpha value is -2.33. The number of carbonyl (C=O) groups excluding carboxylic acids is 1. The number of amides is 1. The van der Waals surface area contributed by atoms with Crippen LogP contribution in [0.1, 0.15) is 23.2 Å². The summed E-state index contributed by atoms with van der Waals surface area (Å²) in [6.45, 7) is 2.80. The highest BCUT2D eigenvalue weighted by atomic mass is 127. The molecule has 2 aromatic carbocycles. The second-order valence-electron chi connectivity index (χ2n) is 7.75. The van der Waals surface area contributed by atoms with Gasteiger partial charge in [-0.15, -0.1) is 6.58 Å². The number of aliphatic carboxylic acids is 1. The SMILES string of the molecule is C=CCONC(=O)c1cc(S(=O)(=O)N2CCCC(C(=O)O)C2)c(F)c(F)c1Nc1ccc(I)cc1Cl. The molecular weight excluding hydrogens is 635 g/mol. The molecule has 36 heavy (non-hydrogen) atoms. The van der Waals surface area contributed by atoms with Crippen LogP contribution < -0.4 is 10.8 Å². The van der Waals surface area contributed by atoms with E-state index in [-0.39, 0.29) is 36.7 Å². The molecule has 14 heteroatoms. The van der Waals surface area contributed by atoms with E-state index >= 15 is 8.78 Å². The van der Waals surface area contributed by atoms with Gasteiger partial charge in [0, 0.05) is 16.7 Å². The average molecular weight is 656 g/mol. The summed E-state index contributed by atoms with van der Waals surface area (Å²) in [5.41, 5.74) is 0.894. The normalized spacial score (nSPS) is 16.4. The molecule has 0 bridgehead atoms. The van der Waals surface area contributed by atoms with E-state index in [1.165, 1.54) is 12.1 Å². The van der Waals surface area contributed by atoms with Crippen LogP contribution in [0, 0.1) is 21.1 Å². The summed E-state index contributed by atoms with van der Waals surface area (Å²) in [6, 6.07) is 5.32. The third-order valence-electron chi connectivity index (χ3n) is 5.33. The van der Waals surface area contributed by atoms with Crippen LogP contribution in [0.4, 0.5) is 20.2 Å². The Morgan fingerprint density at radius 3 is 2.67 bits per heavy atom. The first-order valence-electron chi connectivity index (χ1n) is 10.5. The second-order valence-corrected chi connectivity index (χ2v) is 11.3. The molecule has 0 aromatic heterocycles. The number of nitrogens with one attached hydrogen (secondary N) is 2. The number of halogens is 4. The van der Waals surface area contributed by atoms with E-state index in [4.69, 9.17) is 16.4 Å². The van der Waals surface area contributed by atoms with Crippen molar-refractivity contribution < 1.29 is 36.7 Å². The zero-order valence-electron chi connectivity index (χ0n) is 18.6. The number of hydrogen-bond acceptors (Lipinski definition) is 6. The molecule has 194 valence electrons. The summed E-state index contributed by atoms with van der Waals surface area (Å²) in [6.07, 6.45) is 1.78. The summed E-state index contributed by atoms with van der Waals surface area (Å²) in [7, 11) is -4.70. The molecule has 0 saturated carbocycles. The van der Waals surface area contributed by atoms with Crippen molar-refractivity contribution >= 4 is 67.5 Å². The van der Waals surface area contributed by atoms with Gasteiger partial charge in [0.05, 0.1) is 34.5 Å². The molecule has 1 heterocycles. The highest BCUT2D eigenvalue weighted by Gasteiger charge is 2.37. The van der Waals surface area contributed by atoms with E-state index < -0.39 is 62.1 Å². The molecule has 3 N–H and O–H groups in total. The smallest absolute Gasteiger partial charge is 0.307 e. The lowest BCUT2D eigenvalue weighted by atomic mass is 10.0. The van der Waals surface area contributed by atoms with Crippen LogP contribution in [-0.4, -0.2) is 49.4 Å². The predicted octanol–water partition coefficient (Wildman–Crippen LogP) is 4.30. The number of nitrogens with zero attached hydrogens (tertiary/aromatic N) is 1. The molecule has 1 saturated heterocycles. The highest BCUT2D eigenvalue weighted by molar-refractivity contribution is 14.1. The monoisotopic (exact) mass is 655 g/mol. The number of carboxylic acids is 1. The topological polar surface area (TPSA) is 125 Å². The standard InChI is InChI=1S/C22H21ClF2IN3O6S/c1-2-8-35-28-21(30)14-10-17(36(33,34)29-7-3-4-12(11-29)22(31)32)18(24)19(25)20(14)27-16-6-5-13(26)9-15(16)23/h2,5-6,9-10,12,27H,1,3-4,7-8,11H2,(H,28,30)(H,31,32). The van der Waals surface area contributed by atoms with Crippen molar-refractivity contribution in [2.24, 2.45) is 5.92 Å². The van der Waals surface area contributed by atoms with Gasteiger partial charge in [0.15, 0.2) is 11.6 Å². The Morgan fingerprint density at radius 2 is 2.03 bits per heavy atom. The summed E-state index contributed by atoms with van der Waals surface area (Å²) in [5, 5.41) is 12.0. The maximum Gasteiger partial charge on any atom is 0.307 e. The molecule has 3 rings (SSSR count). The zero-order chi connectivity index (χ0) is 26.6. The van der Waals surface area contributed by atoms with Gasteiger partial charge in [-0.1, -0.05) is 17.7 Å². The van der Waals surface area contributed by atoms with Crippen LogP contribution >= 0.6 is 34.2 Å². The van der Waals surface area contributed by atoms with Crippen LogP contribution in [0.5, 0.6) is 0 Å². The number of anilines is 2. The molecule has 0 radical (unpaired) electrons. The van der Waals surface area contributed by atoms with Gasteiger partial charge in [0.2, 0.25) is 10.0 Å². The van der Waals surface area contributed by atoms with E-state index in [0.717, 1.165) is 7.88 Å². The summed E-state index contributed by atoms with van der Waals surface area (Å²) >= 11 is 8.18. The molecule has 0 aliphatic carbocycles. The lowest BCUT2D eigenvalue weighted by Gasteiger charge is -2.30. The van der Waals surface area contributed by atoms with E-state index in [2.05, 4.69) is 11.9 Å². The van der Waals surface area contributed by atoms with Gasteiger partial charge in [-0.2, -0.15) is 4.31 Å². The van der Waals surface area contributed by atoms with Crippen molar-refractivity contribution in [1.82, 2.24) is 9.79 Å². The Kier molecular flexibility index (Phi) is 9.27. The first-order chi connectivity index (χ1) is 17.0. The van der Waals surface area contributed by atoms with Gasteiger partial charge in [-0.3, -0.25) is 14.4 Å². The van der Waals surface area contributed by atoms with Crippen LogP contribution in [0.15, 0.2) is 41.8 Å². The van der Waals surface area contributed by atoms with Gasteiger partial charge in [-0.25, -0.2) is 22.7 Å². The third kappa shape index (κ3) is 6.14. The molecule has 1 unspecified atom stereocenters. The maximum atomic E-state index is 15.4. The average Bonchev–Trinajstić information content (AvgIpc) is 2.83. The van der Waals surface area contributed by atoms with E-state index in [1.54, 1.807) is 12.1 Å². The summed E-state index contributed by atoms with van der Waals surface area (Å²) < 4.78 is 58.6. The third-order valence-corrected chi connectivity index (χ3v) is 8.17. The van der Waals surface area contributed by atoms with Crippen molar-refractivity contribution in [2.75, 3.05) is 25.0 Å². The Bertz CT molecular complexity index is 1310. The Balaban J connectivity index is 2.11. The molecular formula is C22H21ClF2IN3O6S. The number of sulfonamides is 1. The number of benzene rings is 2. The van der Waals surface area contributed by atoms with E-state index in [9.17, 15) is 23.1 Å². The molecule has 1 atom stereocenters. The van der Waals surface area contributed by atoms with Crippen molar-refractivity contribution in [3.63, 3.8) is 0 Å². The predicted molar refractivity (Wildman–Crippen MR) is 137 cm³/mol. The number of piperidine rings is 1. The molecule has 2 aromatic rings. The van der Waals surface area contributed by atoms with Crippen molar-refractivity contribution in [3.8, 4) is 0 Å². The van der Waals surface area contributed by atoms with Crippen molar-refractivity contribution in [1.29, 1.82) is 0 Å². The quantitative estimate of drug-likeness (QED) is 0.159. The first kappa shape index (κ1) is 28.2. The fraction of sp³-hybridized carbons (Fsp3) is 0.273. The molecule has 1 fully saturated rings. The summed E-state index contributed by atoms with van der Waals surface area (Å²) in [5.74, 6) is -6.65. The van der Waals surface area contributed by atoms with Crippen molar-refractivity contribution in [2.45, 2.75) is 17.7 Å². The van der Waals surface area contributed by atoms with Gasteiger partial charge >= 0.3 is 5.97 Å². The first-order valence-corrected chi connectivity index (χ1v) is 13.4. The largest absolute Gasteiger partial charge is 0.481 e. The van der Waals surface area contributed by atoms with Gasteiger partial charge in [0.25, 0.3) is 5.91 Å². The Morgan fingerprint density at radius 1 is 1.31 bits per heavy atom. The molecule has 1 aliphatic heterocycles. The fourth-order valence-corrected chi connectivity index (χ4v) is 6.05. The minimum absolute atomic E-state index is 0.0879. The fourth-order valence-electron chi connectivity index (χ4n) is 3.54. The Labute approximate surface area is 224 Å². The van der Waals surface area contributed by atoms with Crippen LogP contribution in [-0.2, 0) is 19.7 Å². The molecule has 0 spiro atoms. The molecule has 1 aliphatic rings. The number of hydroxylamine groups is 1. The van der Waals surface area contributed by atoms with Crippen LogP contribution in [0.2, 0.25) is 5.02 Å². The van der Waals surface area contributed by atoms with Gasteiger partial charge < -0.3 is 10.4 Å². The minimum Gasteiger partial charge on any atom is -0.481 e. The highest BCUT2D eigenvalue weighted by Crippen LogP contribution is 2.35. The van der Waals surface area contributed by atoms with Crippen LogP contribution in [0.3, 0.4) is 0 Å². The second kappa shape index (κ2) is 11.8. The van der Waals surface area contributed by atoms with Crippen LogP contribution in [0.25, 0.3) is 0 Å². The zero-order valence-corrected chi connectivity index (χ0v) is 22.3. The lowest BCUT2D eigenvalue weighted by molar-refractivity contribution is -0.142. The van der Waals surface area contributed by atoms with Crippen molar-refractivity contribution in [3.05, 3.63) is 62.7 Å². The lowest BCUT2D eigenvalue weighted by Crippen LogP contribution is -2.42. The molecule has 1 amide bonds. The van der Waals surface area contributed by atoms with Gasteiger partial charge in [0.1, 0.15) is 4.90 Å². The molecule has 9 nitrogen and oxygen atoms in total. The van der Waals surface area contributed by atoms with E-state index in [0.29, 0.717) is 6.07 Å². The van der Waals surface area contributed by atoms with E-state index in [1.807, 2.05) is 28.1 Å². The number of carbonyl (C=O) groups is 2. The number of carboxylic acid groups (broad SMARTS) is 1. The minimum atomic E-state index is -4.70. The van der Waals surface area contributed by atoms with Gasteiger partial charge in [-0.05, 0) is 59.7 Å². The number of hydrogen-bond donors (Lipinski definition) is 3.